The molecule has 0 fully saturated rings. The summed E-state index contributed by atoms with van der Waals surface area (Å²) in [6, 6.07) is 22.6. The van der Waals surface area contributed by atoms with Crippen LogP contribution in [0.3, 0.4) is 0 Å². The Balaban J connectivity index is 1.42. The first-order valence-corrected chi connectivity index (χ1v) is 11.3. The van der Waals surface area contributed by atoms with Gasteiger partial charge in [-0.2, -0.15) is 0 Å². The molecule has 0 aliphatic rings. The number of fused-ring (bicyclic) bond motifs is 2. The van der Waals surface area contributed by atoms with E-state index in [4.69, 9.17) is 9.72 Å². The van der Waals surface area contributed by atoms with E-state index in [1.165, 1.54) is 0 Å². The van der Waals surface area contributed by atoms with Crippen LogP contribution in [0.5, 0.6) is 0 Å². The lowest BCUT2D eigenvalue weighted by molar-refractivity contribution is -0.380. The zero-order chi connectivity index (χ0) is 24.4. The minimum atomic E-state index is -0.689. The van der Waals surface area contributed by atoms with Crippen LogP contribution in [0.2, 0.25) is 0 Å². The minimum absolute atomic E-state index is 0.0466. The molecule has 0 saturated carbocycles. The molecule has 0 aliphatic heterocycles. The lowest BCUT2D eigenvalue weighted by Crippen LogP contribution is -2.21. The molecule has 2 aromatic heterocycles. The summed E-state index contributed by atoms with van der Waals surface area (Å²) < 4.78 is 5.27. The van der Waals surface area contributed by atoms with Crippen molar-refractivity contribution >= 4 is 55.0 Å². The summed E-state index contributed by atoms with van der Waals surface area (Å²) in [6.45, 7) is -0.577. The van der Waals surface area contributed by atoms with Crippen LogP contribution in [-0.4, -0.2) is 33.4 Å². The Morgan fingerprint density at radius 3 is 2.54 bits per heavy atom. The molecule has 0 radical (unpaired) electrons. The average molecular weight is 484 g/mol. The number of rotatable bonds is 6. The third-order valence-electron chi connectivity index (χ3n) is 5.26. The number of para-hydroxylation sites is 1. The largest absolute Gasteiger partial charge is 0.452 e. The van der Waals surface area contributed by atoms with Gasteiger partial charge in [0, 0.05) is 10.9 Å². The summed E-state index contributed by atoms with van der Waals surface area (Å²) >= 11 is 0.711. The maximum atomic E-state index is 13.0. The molecule has 172 valence electrons. The van der Waals surface area contributed by atoms with E-state index in [0.717, 1.165) is 22.5 Å². The van der Waals surface area contributed by atoms with E-state index in [9.17, 15) is 19.7 Å². The lowest BCUT2D eigenvalue weighted by atomic mass is 9.99. The number of thiazole rings is 1. The van der Waals surface area contributed by atoms with E-state index >= 15 is 0 Å². The summed E-state index contributed by atoms with van der Waals surface area (Å²) in [5.74, 6) is -1.35. The van der Waals surface area contributed by atoms with Crippen LogP contribution < -0.4 is 5.32 Å². The Morgan fingerprint density at radius 1 is 1.00 bits per heavy atom. The van der Waals surface area contributed by atoms with E-state index < -0.39 is 23.4 Å². The summed E-state index contributed by atoms with van der Waals surface area (Å²) in [7, 11) is 0. The van der Waals surface area contributed by atoms with Gasteiger partial charge in [0.1, 0.15) is 6.20 Å². The SMILES string of the molecule is O=C(COC(=O)c1cc(-c2cccc3ccccc23)nc2ccccc12)Nc1ncc([N+](=O)[O-])s1. The smallest absolute Gasteiger partial charge is 0.345 e. The number of ether oxygens (including phenoxy) is 1. The Morgan fingerprint density at radius 2 is 1.74 bits per heavy atom. The van der Waals surface area contributed by atoms with Gasteiger partial charge in [-0.1, -0.05) is 60.7 Å². The number of carbonyl (C=O) groups is 2. The second kappa shape index (κ2) is 9.27. The van der Waals surface area contributed by atoms with Crippen molar-refractivity contribution in [2.45, 2.75) is 0 Å². The number of nitrogens with one attached hydrogen (secondary N) is 1. The van der Waals surface area contributed by atoms with Gasteiger partial charge in [-0.05, 0) is 34.2 Å². The maximum absolute atomic E-state index is 13.0. The monoisotopic (exact) mass is 484 g/mol. The van der Waals surface area contributed by atoms with Crippen molar-refractivity contribution < 1.29 is 19.2 Å². The molecular weight excluding hydrogens is 468 g/mol. The van der Waals surface area contributed by atoms with Crippen molar-refractivity contribution in [3.05, 3.63) is 94.7 Å². The van der Waals surface area contributed by atoms with Gasteiger partial charge in [-0.3, -0.25) is 20.2 Å². The molecule has 0 saturated heterocycles. The van der Waals surface area contributed by atoms with Crippen molar-refractivity contribution in [3.8, 4) is 11.3 Å². The number of hydrogen-bond donors (Lipinski definition) is 1. The molecule has 5 aromatic rings. The molecule has 5 rings (SSSR count). The zero-order valence-corrected chi connectivity index (χ0v) is 18.8. The second-order valence-corrected chi connectivity index (χ2v) is 8.49. The van der Waals surface area contributed by atoms with E-state index in [1.807, 2.05) is 54.6 Å². The molecule has 10 heteroatoms. The lowest BCUT2D eigenvalue weighted by Gasteiger charge is -2.11. The summed E-state index contributed by atoms with van der Waals surface area (Å²) in [6.07, 6.45) is 1.05. The topological polar surface area (TPSA) is 124 Å². The second-order valence-electron chi connectivity index (χ2n) is 7.48. The van der Waals surface area contributed by atoms with Gasteiger partial charge in [-0.25, -0.2) is 14.8 Å². The normalized spacial score (nSPS) is 10.9. The van der Waals surface area contributed by atoms with Gasteiger partial charge >= 0.3 is 11.0 Å². The number of nitro groups is 1. The number of carbonyl (C=O) groups excluding carboxylic acids is 2. The predicted molar refractivity (Wildman–Crippen MR) is 132 cm³/mol. The third-order valence-corrected chi connectivity index (χ3v) is 6.12. The molecule has 1 amide bonds. The van der Waals surface area contributed by atoms with E-state index in [1.54, 1.807) is 18.2 Å². The van der Waals surface area contributed by atoms with Gasteiger partial charge in [-0.15, -0.1) is 0 Å². The first kappa shape index (κ1) is 22.1. The molecule has 0 unspecified atom stereocenters. The van der Waals surface area contributed by atoms with Crippen molar-refractivity contribution in [1.82, 2.24) is 9.97 Å². The van der Waals surface area contributed by atoms with Crippen LogP contribution in [0.4, 0.5) is 10.1 Å². The fourth-order valence-corrected chi connectivity index (χ4v) is 4.35. The molecule has 2 heterocycles. The van der Waals surface area contributed by atoms with Gasteiger partial charge in [0.25, 0.3) is 5.91 Å². The van der Waals surface area contributed by atoms with Crippen LogP contribution in [-0.2, 0) is 9.53 Å². The molecule has 0 aliphatic carbocycles. The molecular formula is C25H16N4O5S. The van der Waals surface area contributed by atoms with Crippen molar-refractivity contribution in [2.75, 3.05) is 11.9 Å². The number of aromatic nitrogens is 2. The Kier molecular flexibility index (Phi) is 5.86. The van der Waals surface area contributed by atoms with Crippen molar-refractivity contribution in [2.24, 2.45) is 0 Å². The van der Waals surface area contributed by atoms with Crippen LogP contribution in [0.25, 0.3) is 32.9 Å². The van der Waals surface area contributed by atoms with Gasteiger partial charge in [0.2, 0.25) is 0 Å². The number of esters is 1. The zero-order valence-electron chi connectivity index (χ0n) is 18.0. The molecule has 1 N–H and O–H groups in total. The summed E-state index contributed by atoms with van der Waals surface area (Å²) in [5.41, 5.74) is 2.36. The first-order chi connectivity index (χ1) is 17.0. The van der Waals surface area contributed by atoms with Gasteiger partial charge in [0.15, 0.2) is 11.7 Å². The Bertz CT molecular complexity index is 1610. The minimum Gasteiger partial charge on any atom is -0.452 e. The highest BCUT2D eigenvalue weighted by Gasteiger charge is 2.19. The Hall–Kier alpha value is -4.70. The highest BCUT2D eigenvalue weighted by Crippen LogP contribution is 2.31. The molecule has 3 aromatic carbocycles. The molecule has 35 heavy (non-hydrogen) atoms. The molecule has 0 bridgehead atoms. The average Bonchev–Trinajstić information content (AvgIpc) is 3.35. The van der Waals surface area contributed by atoms with Crippen LogP contribution >= 0.6 is 11.3 Å². The number of nitrogens with zero attached hydrogens (tertiary/aromatic N) is 3. The number of benzene rings is 3. The first-order valence-electron chi connectivity index (χ1n) is 10.4. The summed E-state index contributed by atoms with van der Waals surface area (Å²) in [4.78, 5) is 43.9. The molecule has 0 atom stereocenters. The van der Waals surface area contributed by atoms with E-state index in [0.29, 0.717) is 27.9 Å². The highest BCUT2D eigenvalue weighted by atomic mass is 32.1. The maximum Gasteiger partial charge on any atom is 0.345 e. The van der Waals surface area contributed by atoms with Crippen LogP contribution in [0.1, 0.15) is 10.4 Å². The summed E-state index contributed by atoms with van der Waals surface area (Å²) in [5, 5.41) is 15.6. The highest BCUT2D eigenvalue weighted by molar-refractivity contribution is 7.18. The Labute approximate surface area is 202 Å². The van der Waals surface area contributed by atoms with Crippen molar-refractivity contribution in [3.63, 3.8) is 0 Å². The third kappa shape index (κ3) is 4.55. The van der Waals surface area contributed by atoms with Gasteiger partial charge < -0.3 is 4.74 Å². The fourth-order valence-electron chi connectivity index (χ4n) is 3.70. The number of anilines is 1. The van der Waals surface area contributed by atoms with Gasteiger partial charge in [0.05, 0.1) is 21.7 Å². The van der Waals surface area contributed by atoms with E-state index in [2.05, 4.69) is 10.3 Å². The van der Waals surface area contributed by atoms with Crippen LogP contribution in [0.15, 0.2) is 79.0 Å². The van der Waals surface area contributed by atoms with E-state index in [-0.39, 0.29) is 15.7 Å². The van der Waals surface area contributed by atoms with Crippen molar-refractivity contribution in [1.29, 1.82) is 0 Å². The predicted octanol–water partition coefficient (Wildman–Crippen LogP) is 5.22. The number of pyridine rings is 1. The molecule has 9 nitrogen and oxygen atoms in total. The fraction of sp³-hybridized carbons (Fsp3) is 0.0400. The quantitative estimate of drug-likeness (QED) is 0.199. The number of hydrogen-bond acceptors (Lipinski definition) is 8. The number of amides is 1. The molecule has 0 spiro atoms. The van der Waals surface area contributed by atoms with Crippen LogP contribution in [0, 0.1) is 10.1 Å². The standard InChI is InChI=1S/C25H16N4O5S/c30-22(28-25-26-13-23(35-25)29(32)33)14-34-24(31)19-12-21(27-20-11-4-3-9-18(19)20)17-10-5-7-15-6-1-2-8-16(15)17/h1-13H,14H2,(H,26,28,30).